The molecule has 1 aliphatic carbocycles. The number of aliphatic hydroxyl groups is 1. The van der Waals surface area contributed by atoms with Crippen molar-refractivity contribution in [3.05, 3.63) is 109 Å². The van der Waals surface area contributed by atoms with Crippen LogP contribution < -0.4 is 5.49 Å². The second kappa shape index (κ2) is 11.0. The molecule has 0 radical (unpaired) electrons. The van der Waals surface area contributed by atoms with Gasteiger partial charge in [-0.2, -0.15) is 0 Å². The minimum atomic E-state index is -0.241. The minimum Gasteiger partial charge on any atom is -0.393 e. The smallest absolute Gasteiger partial charge is 0.146 e. The third kappa shape index (κ3) is 4.87. The standard InChI is InChI=1S/C32H34N4O/c1-3-11-23(12-4-2)21-35-30(25-15-9-6-10-16-25)28(24-13-7-5-8-14-24)29-31(33)36(22-34-32(29)35)26-17-19-27(37)20-18-26/h3-16,22,26-27,33,37H,1,17-21H2,2H3/b12-4-,23-11+,33-31?. The molecule has 1 saturated carbocycles. The molecule has 0 aliphatic heterocycles. The number of benzene rings is 2. The number of fused-ring (bicyclic) bond motifs is 1. The zero-order valence-corrected chi connectivity index (χ0v) is 21.3. The Morgan fingerprint density at radius 3 is 2.30 bits per heavy atom. The highest BCUT2D eigenvalue weighted by Crippen LogP contribution is 2.40. The molecular formula is C32H34N4O. The van der Waals surface area contributed by atoms with Crippen LogP contribution in [-0.4, -0.2) is 25.3 Å². The predicted octanol–water partition coefficient (Wildman–Crippen LogP) is 6.82. The predicted molar refractivity (Wildman–Crippen MR) is 151 cm³/mol. The van der Waals surface area contributed by atoms with Crippen LogP contribution in [0.25, 0.3) is 33.4 Å². The number of nitrogens with one attached hydrogen (secondary N) is 1. The van der Waals surface area contributed by atoms with E-state index in [1.807, 2.05) is 60.3 Å². The minimum absolute atomic E-state index is 0.166. The molecule has 1 aliphatic rings. The maximum atomic E-state index is 10.1. The number of hydrogen-bond acceptors (Lipinski definition) is 3. The van der Waals surface area contributed by atoms with Gasteiger partial charge in [-0.15, -0.1) is 0 Å². The fourth-order valence-electron chi connectivity index (χ4n) is 5.53. The molecule has 2 N–H and O–H groups in total. The van der Waals surface area contributed by atoms with E-state index < -0.39 is 0 Å². The van der Waals surface area contributed by atoms with Gasteiger partial charge in [0.15, 0.2) is 0 Å². The van der Waals surface area contributed by atoms with E-state index >= 15 is 0 Å². The van der Waals surface area contributed by atoms with Gasteiger partial charge in [0.1, 0.15) is 11.1 Å². The number of allylic oxidation sites excluding steroid dienone is 5. The van der Waals surface area contributed by atoms with Crippen molar-refractivity contribution in [1.29, 1.82) is 5.41 Å². The first-order valence-corrected chi connectivity index (χ1v) is 13.0. The summed E-state index contributed by atoms with van der Waals surface area (Å²) in [5.74, 6) is 0. The summed E-state index contributed by atoms with van der Waals surface area (Å²) in [6.45, 7) is 6.54. The Bertz CT molecular complexity index is 1500. The lowest BCUT2D eigenvalue weighted by Crippen LogP contribution is -2.29. The average Bonchev–Trinajstić information content (AvgIpc) is 3.25. The molecule has 0 atom stereocenters. The van der Waals surface area contributed by atoms with Crippen LogP contribution in [0.2, 0.25) is 0 Å². The van der Waals surface area contributed by atoms with Crippen LogP contribution in [0.5, 0.6) is 0 Å². The zero-order valence-electron chi connectivity index (χ0n) is 21.3. The molecule has 4 aromatic rings. The number of hydrogen-bond donors (Lipinski definition) is 2. The van der Waals surface area contributed by atoms with Gasteiger partial charge in [0.25, 0.3) is 0 Å². The molecule has 37 heavy (non-hydrogen) atoms. The number of nitrogens with zero attached hydrogens (tertiary/aromatic N) is 3. The average molecular weight is 491 g/mol. The molecule has 5 rings (SSSR count). The molecule has 1 fully saturated rings. The Balaban J connectivity index is 1.84. The zero-order chi connectivity index (χ0) is 25.8. The maximum Gasteiger partial charge on any atom is 0.146 e. The molecule has 5 heteroatoms. The number of aliphatic hydroxyl groups excluding tert-OH is 1. The van der Waals surface area contributed by atoms with Gasteiger partial charge in [0.05, 0.1) is 23.5 Å². The topological polar surface area (TPSA) is 66.8 Å². The summed E-state index contributed by atoms with van der Waals surface area (Å²) in [7, 11) is 0. The van der Waals surface area contributed by atoms with E-state index in [4.69, 9.17) is 4.98 Å². The Kier molecular flexibility index (Phi) is 7.33. The largest absolute Gasteiger partial charge is 0.393 e. The van der Waals surface area contributed by atoms with E-state index in [2.05, 4.69) is 53.6 Å². The maximum absolute atomic E-state index is 10.1. The van der Waals surface area contributed by atoms with Crippen molar-refractivity contribution in [1.82, 2.24) is 14.1 Å². The lowest BCUT2D eigenvalue weighted by atomic mass is 9.93. The molecule has 0 spiro atoms. The van der Waals surface area contributed by atoms with Crippen molar-refractivity contribution in [3.8, 4) is 22.4 Å². The van der Waals surface area contributed by atoms with Gasteiger partial charge in [-0.25, -0.2) is 4.98 Å². The fourth-order valence-corrected chi connectivity index (χ4v) is 5.53. The fraction of sp³-hybridized carbons (Fsp3) is 0.250. The second-order valence-electron chi connectivity index (χ2n) is 9.68. The van der Waals surface area contributed by atoms with Crippen molar-refractivity contribution >= 4 is 11.0 Å². The summed E-state index contributed by atoms with van der Waals surface area (Å²) in [6.07, 6.45) is 12.8. The second-order valence-corrected chi connectivity index (χ2v) is 9.68. The molecule has 2 aromatic carbocycles. The number of aromatic nitrogens is 3. The molecule has 5 nitrogen and oxygen atoms in total. The highest BCUT2D eigenvalue weighted by Gasteiger charge is 2.26. The van der Waals surface area contributed by atoms with E-state index in [9.17, 15) is 10.5 Å². The lowest BCUT2D eigenvalue weighted by molar-refractivity contribution is 0.109. The Morgan fingerprint density at radius 1 is 1.03 bits per heavy atom. The molecular weight excluding hydrogens is 456 g/mol. The summed E-state index contributed by atoms with van der Waals surface area (Å²) in [5.41, 5.74) is 6.62. The van der Waals surface area contributed by atoms with E-state index in [0.29, 0.717) is 12.0 Å². The molecule has 2 heterocycles. The lowest BCUT2D eigenvalue weighted by Gasteiger charge is -2.27. The van der Waals surface area contributed by atoms with Crippen LogP contribution >= 0.6 is 0 Å². The van der Waals surface area contributed by atoms with Crippen LogP contribution in [0, 0.1) is 5.41 Å². The van der Waals surface area contributed by atoms with Crippen LogP contribution in [0.1, 0.15) is 38.6 Å². The Morgan fingerprint density at radius 2 is 1.68 bits per heavy atom. The van der Waals surface area contributed by atoms with E-state index in [-0.39, 0.29) is 12.1 Å². The van der Waals surface area contributed by atoms with Gasteiger partial charge >= 0.3 is 0 Å². The first-order chi connectivity index (χ1) is 18.1. The summed E-state index contributed by atoms with van der Waals surface area (Å²) >= 11 is 0. The first kappa shape index (κ1) is 24.7. The van der Waals surface area contributed by atoms with Gasteiger partial charge < -0.3 is 14.2 Å². The van der Waals surface area contributed by atoms with Crippen molar-refractivity contribution in [3.63, 3.8) is 0 Å². The summed E-state index contributed by atoms with van der Waals surface area (Å²) in [5, 5.41) is 20.3. The summed E-state index contributed by atoms with van der Waals surface area (Å²) in [6, 6.07) is 20.9. The van der Waals surface area contributed by atoms with Crippen LogP contribution in [-0.2, 0) is 6.54 Å². The van der Waals surface area contributed by atoms with Gasteiger partial charge in [-0.3, -0.25) is 5.41 Å². The van der Waals surface area contributed by atoms with Crippen LogP contribution in [0.15, 0.2) is 103 Å². The van der Waals surface area contributed by atoms with Crippen molar-refractivity contribution in [2.75, 3.05) is 0 Å². The number of rotatable bonds is 7. The van der Waals surface area contributed by atoms with Gasteiger partial charge in [-0.1, -0.05) is 91.5 Å². The van der Waals surface area contributed by atoms with E-state index in [1.54, 1.807) is 0 Å². The van der Waals surface area contributed by atoms with Crippen LogP contribution in [0.4, 0.5) is 0 Å². The molecule has 0 unspecified atom stereocenters. The van der Waals surface area contributed by atoms with E-state index in [0.717, 1.165) is 64.7 Å². The third-order valence-corrected chi connectivity index (χ3v) is 7.26. The third-order valence-electron chi connectivity index (χ3n) is 7.26. The monoisotopic (exact) mass is 490 g/mol. The molecule has 188 valence electrons. The summed E-state index contributed by atoms with van der Waals surface area (Å²) < 4.78 is 4.27. The highest BCUT2D eigenvalue weighted by molar-refractivity contribution is 6.02. The quantitative estimate of drug-likeness (QED) is 0.279. The van der Waals surface area contributed by atoms with Crippen molar-refractivity contribution in [2.24, 2.45) is 0 Å². The Labute approximate surface area is 218 Å². The first-order valence-electron chi connectivity index (χ1n) is 13.0. The van der Waals surface area contributed by atoms with E-state index in [1.165, 1.54) is 0 Å². The normalized spacial score (nSPS) is 18.5. The van der Waals surface area contributed by atoms with Gasteiger partial charge in [-0.05, 0) is 49.3 Å². The van der Waals surface area contributed by atoms with Crippen molar-refractivity contribution < 1.29 is 5.11 Å². The highest BCUT2D eigenvalue weighted by atomic mass is 16.3. The van der Waals surface area contributed by atoms with Gasteiger partial charge in [0.2, 0.25) is 0 Å². The SMILES string of the molecule is C=C/C=C(\C=C/C)Cn1c(-c2ccccc2)c(-c2ccccc2)c2c(=N)n(C3CCC(O)CC3)cnc21. The molecule has 0 amide bonds. The Hall–Kier alpha value is -3.96. The van der Waals surface area contributed by atoms with Gasteiger partial charge in [0, 0.05) is 18.2 Å². The molecule has 0 saturated heterocycles. The molecule has 0 bridgehead atoms. The van der Waals surface area contributed by atoms with Crippen LogP contribution in [0.3, 0.4) is 0 Å². The summed E-state index contributed by atoms with van der Waals surface area (Å²) in [4.78, 5) is 5.01. The molecule has 2 aromatic heterocycles. The van der Waals surface area contributed by atoms with Crippen molar-refractivity contribution in [2.45, 2.75) is 51.3 Å².